The molecule has 2 aromatic rings. The van der Waals surface area contributed by atoms with Crippen LogP contribution in [-0.4, -0.2) is 37.5 Å². The Bertz CT molecular complexity index is 786. The molecule has 0 saturated carbocycles. The van der Waals surface area contributed by atoms with Crippen molar-refractivity contribution in [3.63, 3.8) is 0 Å². The van der Waals surface area contributed by atoms with E-state index >= 15 is 0 Å². The first-order valence-electron chi connectivity index (χ1n) is 6.49. The number of carbonyl (C=O) groups excluding carboxylic acids is 2. The van der Waals surface area contributed by atoms with Gasteiger partial charge in [-0.25, -0.2) is 9.48 Å². The number of thiophene rings is 1. The molecule has 2 aromatic heterocycles. The molecular weight excluding hydrogens is 292 g/mol. The van der Waals surface area contributed by atoms with Gasteiger partial charge < -0.3 is 4.90 Å². The van der Waals surface area contributed by atoms with Gasteiger partial charge in [-0.2, -0.15) is 5.10 Å². The lowest BCUT2D eigenvalue weighted by atomic mass is 10.2. The maximum Gasteiger partial charge on any atom is 0.345 e. The van der Waals surface area contributed by atoms with Gasteiger partial charge in [0.1, 0.15) is 0 Å². The number of nitrogens with zero attached hydrogens (tertiary/aromatic N) is 4. The van der Waals surface area contributed by atoms with E-state index in [0.29, 0.717) is 35.9 Å². The summed E-state index contributed by atoms with van der Waals surface area (Å²) in [6, 6.07) is 1.62. The predicted molar refractivity (Wildman–Crippen MR) is 76.5 cm³/mol. The number of amides is 1. The van der Waals surface area contributed by atoms with E-state index in [4.69, 9.17) is 0 Å². The van der Waals surface area contributed by atoms with Crippen LogP contribution in [0, 0.1) is 0 Å². The monoisotopic (exact) mass is 306 g/mol. The molecule has 7 nitrogen and oxygen atoms in total. The second-order valence-electron chi connectivity index (χ2n) is 4.96. The zero-order chi connectivity index (χ0) is 15.1. The van der Waals surface area contributed by atoms with Crippen LogP contribution in [0.1, 0.15) is 32.8 Å². The van der Waals surface area contributed by atoms with Crippen LogP contribution < -0.4 is 5.69 Å². The number of rotatable bonds is 2. The van der Waals surface area contributed by atoms with E-state index in [2.05, 4.69) is 5.10 Å². The molecule has 0 N–H and O–H groups in total. The van der Waals surface area contributed by atoms with Crippen molar-refractivity contribution in [3.8, 4) is 0 Å². The van der Waals surface area contributed by atoms with E-state index in [1.165, 1.54) is 22.9 Å². The first-order chi connectivity index (χ1) is 9.97. The van der Waals surface area contributed by atoms with E-state index in [9.17, 15) is 14.4 Å². The molecule has 1 amide bonds. The number of hydrogen-bond acceptors (Lipinski definition) is 5. The SMILES string of the molecule is CC(=O)c1csc(C(=O)N2CCn3c(nn(C)c3=O)C2)c1. The van der Waals surface area contributed by atoms with Crippen molar-refractivity contribution < 1.29 is 9.59 Å². The van der Waals surface area contributed by atoms with Crippen molar-refractivity contribution in [1.29, 1.82) is 0 Å². The number of aromatic nitrogens is 3. The standard InChI is InChI=1S/C13H14N4O3S/c1-8(18)9-5-10(21-7-9)12(19)16-3-4-17-11(6-16)14-15(2)13(17)20/h5,7H,3-4,6H2,1-2H3. The smallest absolute Gasteiger partial charge is 0.329 e. The fourth-order valence-corrected chi connectivity index (χ4v) is 3.24. The van der Waals surface area contributed by atoms with Gasteiger partial charge in [0.05, 0.1) is 11.4 Å². The Labute approximate surface area is 124 Å². The topological polar surface area (TPSA) is 77.2 Å². The van der Waals surface area contributed by atoms with E-state index in [1.54, 1.807) is 28.0 Å². The highest BCUT2D eigenvalue weighted by molar-refractivity contribution is 7.12. The van der Waals surface area contributed by atoms with Crippen molar-refractivity contribution in [1.82, 2.24) is 19.2 Å². The van der Waals surface area contributed by atoms with Gasteiger partial charge in [0, 0.05) is 31.1 Å². The van der Waals surface area contributed by atoms with Gasteiger partial charge in [-0.15, -0.1) is 11.3 Å². The number of ketones is 1. The van der Waals surface area contributed by atoms with Crippen LogP contribution in [0.25, 0.3) is 0 Å². The minimum absolute atomic E-state index is 0.0532. The maximum absolute atomic E-state index is 12.4. The molecule has 0 unspecified atom stereocenters. The minimum atomic E-state index is -0.160. The fraction of sp³-hybridized carbons (Fsp3) is 0.385. The van der Waals surface area contributed by atoms with Crippen LogP contribution in [0.3, 0.4) is 0 Å². The zero-order valence-corrected chi connectivity index (χ0v) is 12.5. The lowest BCUT2D eigenvalue weighted by molar-refractivity contribution is 0.0711. The molecule has 8 heteroatoms. The normalized spacial score (nSPS) is 14.1. The summed E-state index contributed by atoms with van der Waals surface area (Å²) in [6.07, 6.45) is 0. The van der Waals surface area contributed by atoms with Crippen LogP contribution >= 0.6 is 11.3 Å². The summed E-state index contributed by atoms with van der Waals surface area (Å²) in [4.78, 5) is 37.7. The molecule has 1 aliphatic heterocycles. The molecule has 0 radical (unpaired) electrons. The van der Waals surface area contributed by atoms with Crippen molar-refractivity contribution in [3.05, 3.63) is 38.2 Å². The summed E-state index contributed by atoms with van der Waals surface area (Å²) in [5.41, 5.74) is 0.391. The summed E-state index contributed by atoms with van der Waals surface area (Å²) >= 11 is 1.26. The molecule has 0 fully saturated rings. The highest BCUT2D eigenvalue weighted by Crippen LogP contribution is 2.19. The molecule has 0 saturated heterocycles. The third-order valence-electron chi connectivity index (χ3n) is 3.51. The van der Waals surface area contributed by atoms with Crippen LogP contribution in [0.2, 0.25) is 0 Å². The third kappa shape index (κ3) is 2.31. The Morgan fingerprint density at radius 2 is 2.10 bits per heavy atom. The van der Waals surface area contributed by atoms with Crippen LogP contribution in [-0.2, 0) is 20.1 Å². The second-order valence-corrected chi connectivity index (χ2v) is 5.87. The molecule has 0 spiro atoms. The Hall–Kier alpha value is -2.22. The van der Waals surface area contributed by atoms with E-state index in [0.717, 1.165) is 0 Å². The maximum atomic E-state index is 12.4. The first-order valence-corrected chi connectivity index (χ1v) is 7.37. The first kappa shape index (κ1) is 13.7. The summed E-state index contributed by atoms with van der Waals surface area (Å²) in [7, 11) is 1.60. The van der Waals surface area contributed by atoms with Gasteiger partial charge in [0.15, 0.2) is 11.6 Å². The largest absolute Gasteiger partial charge is 0.345 e. The number of aryl methyl sites for hydroxylation is 1. The van der Waals surface area contributed by atoms with Gasteiger partial charge in [0.2, 0.25) is 0 Å². The van der Waals surface area contributed by atoms with E-state index in [-0.39, 0.29) is 17.4 Å². The van der Waals surface area contributed by atoms with Crippen molar-refractivity contribution in [2.24, 2.45) is 7.05 Å². The Balaban J connectivity index is 1.83. The molecule has 3 heterocycles. The van der Waals surface area contributed by atoms with Crippen molar-refractivity contribution in [2.75, 3.05) is 6.54 Å². The molecular formula is C13H14N4O3S. The van der Waals surface area contributed by atoms with Gasteiger partial charge >= 0.3 is 5.69 Å². The van der Waals surface area contributed by atoms with Crippen molar-refractivity contribution >= 4 is 23.0 Å². The van der Waals surface area contributed by atoms with Gasteiger partial charge in [-0.05, 0) is 13.0 Å². The molecule has 0 atom stereocenters. The second kappa shape index (κ2) is 4.96. The van der Waals surface area contributed by atoms with E-state index in [1.807, 2.05) is 0 Å². The molecule has 21 heavy (non-hydrogen) atoms. The number of hydrogen-bond donors (Lipinski definition) is 0. The molecule has 0 aliphatic carbocycles. The Morgan fingerprint density at radius 3 is 2.76 bits per heavy atom. The quantitative estimate of drug-likeness (QED) is 0.757. The number of fused-ring (bicyclic) bond motifs is 1. The highest BCUT2D eigenvalue weighted by Gasteiger charge is 2.26. The van der Waals surface area contributed by atoms with Crippen molar-refractivity contribution in [2.45, 2.75) is 20.0 Å². The molecule has 0 aromatic carbocycles. The Morgan fingerprint density at radius 1 is 1.33 bits per heavy atom. The summed E-state index contributed by atoms with van der Waals surface area (Å²) in [5, 5.41) is 5.82. The predicted octanol–water partition coefficient (Wildman–Crippen LogP) is 0.502. The van der Waals surface area contributed by atoms with Gasteiger partial charge in [-0.3, -0.25) is 14.2 Å². The fourth-order valence-electron chi connectivity index (χ4n) is 2.33. The summed E-state index contributed by atoms with van der Waals surface area (Å²) in [6.45, 7) is 2.69. The third-order valence-corrected chi connectivity index (χ3v) is 4.43. The number of Topliss-reactive ketones (excluding diaryl/α,β-unsaturated/α-hetero) is 1. The Kier molecular flexibility index (Phi) is 3.25. The van der Waals surface area contributed by atoms with Crippen LogP contribution in [0.4, 0.5) is 0 Å². The molecule has 1 aliphatic rings. The highest BCUT2D eigenvalue weighted by atomic mass is 32.1. The number of carbonyl (C=O) groups is 2. The summed E-state index contributed by atoms with van der Waals surface area (Å²) < 4.78 is 2.86. The lowest BCUT2D eigenvalue weighted by Crippen LogP contribution is -2.40. The lowest BCUT2D eigenvalue weighted by Gasteiger charge is -2.26. The zero-order valence-electron chi connectivity index (χ0n) is 11.7. The minimum Gasteiger partial charge on any atom is -0.329 e. The average Bonchev–Trinajstić information content (AvgIpc) is 3.04. The summed E-state index contributed by atoms with van der Waals surface area (Å²) in [5.74, 6) is 0.407. The van der Waals surface area contributed by atoms with Crippen LogP contribution in [0.5, 0.6) is 0 Å². The molecule has 0 bridgehead atoms. The van der Waals surface area contributed by atoms with Crippen LogP contribution in [0.15, 0.2) is 16.2 Å². The molecule has 110 valence electrons. The van der Waals surface area contributed by atoms with E-state index < -0.39 is 0 Å². The van der Waals surface area contributed by atoms with Gasteiger partial charge in [0.25, 0.3) is 5.91 Å². The van der Waals surface area contributed by atoms with Gasteiger partial charge in [-0.1, -0.05) is 0 Å². The molecule has 3 rings (SSSR count). The average molecular weight is 306 g/mol.